The number of nitrogens with one attached hydrogen (secondary N) is 1. The van der Waals surface area contributed by atoms with Crippen molar-refractivity contribution in [3.63, 3.8) is 0 Å². The van der Waals surface area contributed by atoms with Gasteiger partial charge in [0.05, 0.1) is 11.6 Å². The average molecular weight is 389 g/mol. The van der Waals surface area contributed by atoms with Crippen LogP contribution in [0.25, 0.3) is 0 Å². The van der Waals surface area contributed by atoms with Crippen molar-refractivity contribution in [3.05, 3.63) is 28.5 Å². The van der Waals surface area contributed by atoms with Gasteiger partial charge in [-0.3, -0.25) is 4.98 Å². The fourth-order valence-electron chi connectivity index (χ4n) is 1.62. The molecule has 0 aliphatic rings. The van der Waals surface area contributed by atoms with E-state index in [2.05, 4.69) is 36.1 Å². The molecule has 138 valence electrons. The van der Waals surface area contributed by atoms with Crippen molar-refractivity contribution in [3.8, 4) is 11.5 Å². The molecule has 0 aliphatic heterocycles. The van der Waals surface area contributed by atoms with Crippen LogP contribution in [-0.2, 0) is 10.7 Å². The number of amides is 1. The minimum absolute atomic E-state index is 0.196. The molecule has 0 aromatic carbocycles. The fraction of sp³-hybridized carbons (Fsp3) is 0.529. The number of alkyl carbamates (subject to hydrolysis) is 1. The highest BCUT2D eigenvalue weighted by Gasteiger charge is 2.36. The summed E-state index contributed by atoms with van der Waals surface area (Å²) in [6.07, 6.45) is 0.330. The Morgan fingerprint density at radius 2 is 1.96 bits per heavy atom. The van der Waals surface area contributed by atoms with E-state index in [1.54, 1.807) is 20.8 Å². The molecule has 1 aromatic heterocycles. The normalized spacial score (nSPS) is 12.2. The Bertz CT molecular complexity index is 701. The van der Waals surface area contributed by atoms with Crippen LogP contribution in [0.1, 0.15) is 32.0 Å². The topological polar surface area (TPSA) is 51.2 Å². The van der Waals surface area contributed by atoms with Crippen LogP contribution in [0.4, 0.5) is 13.6 Å². The van der Waals surface area contributed by atoms with Crippen molar-refractivity contribution >= 4 is 25.8 Å². The third kappa shape index (κ3) is 7.84. The molecule has 0 atom stereocenters. The summed E-state index contributed by atoms with van der Waals surface area (Å²) < 4.78 is 33.5. The highest BCUT2D eigenvalue weighted by Crippen LogP contribution is 2.31. The van der Waals surface area contributed by atoms with E-state index in [4.69, 9.17) is 16.3 Å². The van der Waals surface area contributed by atoms with Crippen molar-refractivity contribution < 1.29 is 18.3 Å². The Morgan fingerprint density at radius 3 is 2.44 bits per heavy atom. The van der Waals surface area contributed by atoms with Gasteiger partial charge in [0.2, 0.25) is 0 Å². The van der Waals surface area contributed by atoms with E-state index in [-0.39, 0.29) is 5.02 Å². The Kier molecular flexibility index (Phi) is 6.60. The van der Waals surface area contributed by atoms with Gasteiger partial charge in [0.25, 0.3) is 0 Å². The van der Waals surface area contributed by atoms with E-state index >= 15 is 0 Å². The van der Waals surface area contributed by atoms with Crippen molar-refractivity contribution in [2.45, 2.75) is 51.9 Å². The summed E-state index contributed by atoms with van der Waals surface area (Å²) in [6, 6.07) is 1.36. The summed E-state index contributed by atoms with van der Waals surface area (Å²) >= 11 is 5.94. The molecule has 1 heterocycles. The van der Waals surface area contributed by atoms with E-state index < -0.39 is 37.9 Å². The van der Waals surface area contributed by atoms with Crippen LogP contribution >= 0.6 is 11.6 Å². The van der Waals surface area contributed by atoms with E-state index in [0.29, 0.717) is 5.56 Å². The molecule has 0 saturated carbocycles. The number of ether oxygens (including phenoxy) is 1. The maximum Gasteiger partial charge on any atom is 0.407 e. The molecular formula is C17H23ClF2N2O2Si. The first-order valence-corrected chi connectivity index (χ1v) is 11.6. The molecule has 1 N–H and O–H groups in total. The van der Waals surface area contributed by atoms with Crippen LogP contribution in [0.15, 0.2) is 12.3 Å². The lowest BCUT2D eigenvalue weighted by atomic mass is 10.2. The standard InChI is InChI=1S/C17H23ClF2N2O2Si/c1-16(2,3)24-15(23)22-11-17(19,20)14-13(18)9-12(10-21-14)7-8-25(4,5)6/h9-10H,11H2,1-6H3,(H,22,23). The Morgan fingerprint density at radius 1 is 1.36 bits per heavy atom. The molecule has 4 nitrogen and oxygen atoms in total. The first kappa shape index (κ1) is 21.4. The number of hydrogen-bond donors (Lipinski definition) is 1. The first-order valence-electron chi connectivity index (χ1n) is 7.73. The summed E-state index contributed by atoms with van der Waals surface area (Å²) in [5.41, 5.74) is 2.21. The lowest BCUT2D eigenvalue weighted by Crippen LogP contribution is -2.39. The molecule has 25 heavy (non-hydrogen) atoms. The average Bonchev–Trinajstić information content (AvgIpc) is 2.40. The number of nitrogens with zero attached hydrogens (tertiary/aromatic N) is 1. The van der Waals surface area contributed by atoms with Crippen LogP contribution in [0, 0.1) is 11.5 Å². The predicted molar refractivity (Wildman–Crippen MR) is 97.6 cm³/mol. The molecule has 0 unspecified atom stereocenters. The lowest BCUT2D eigenvalue weighted by molar-refractivity contribution is -0.0128. The van der Waals surface area contributed by atoms with Crippen LogP contribution in [-0.4, -0.2) is 31.3 Å². The Balaban J connectivity index is 2.88. The number of carbonyl (C=O) groups excluding carboxylic acids is 1. The van der Waals surface area contributed by atoms with Gasteiger partial charge in [0, 0.05) is 11.8 Å². The number of rotatable bonds is 3. The highest BCUT2D eigenvalue weighted by atomic mass is 35.5. The quantitative estimate of drug-likeness (QED) is 0.609. The number of carbonyl (C=O) groups is 1. The van der Waals surface area contributed by atoms with E-state index in [9.17, 15) is 13.6 Å². The summed E-state index contributed by atoms with van der Waals surface area (Å²) in [5, 5.41) is 1.84. The molecule has 0 radical (unpaired) electrons. The van der Waals surface area contributed by atoms with Crippen LogP contribution in [0.2, 0.25) is 24.7 Å². The molecule has 0 aliphatic carbocycles. The molecular weight excluding hydrogens is 366 g/mol. The van der Waals surface area contributed by atoms with Gasteiger partial charge in [-0.25, -0.2) is 4.79 Å². The number of pyridine rings is 1. The summed E-state index contributed by atoms with van der Waals surface area (Å²) in [5.74, 6) is -0.522. The van der Waals surface area contributed by atoms with Gasteiger partial charge in [-0.2, -0.15) is 8.78 Å². The largest absolute Gasteiger partial charge is 0.444 e. The summed E-state index contributed by atoms with van der Waals surface area (Å²) in [7, 11) is -1.59. The minimum atomic E-state index is -3.43. The van der Waals surface area contributed by atoms with Crippen molar-refractivity contribution in [2.75, 3.05) is 6.54 Å². The molecule has 0 spiro atoms. The van der Waals surface area contributed by atoms with Gasteiger partial charge in [-0.1, -0.05) is 37.2 Å². The van der Waals surface area contributed by atoms with Crippen molar-refractivity contribution in [1.29, 1.82) is 0 Å². The van der Waals surface area contributed by atoms with Gasteiger partial charge >= 0.3 is 12.0 Å². The molecule has 0 bridgehead atoms. The number of aromatic nitrogens is 1. The molecule has 1 rings (SSSR count). The maximum atomic E-state index is 14.3. The van der Waals surface area contributed by atoms with E-state index in [1.165, 1.54) is 12.3 Å². The first-order chi connectivity index (χ1) is 11.2. The third-order valence-corrected chi connectivity index (χ3v) is 3.79. The number of halogens is 3. The molecule has 0 fully saturated rings. The molecule has 8 heteroatoms. The van der Waals surface area contributed by atoms with Gasteiger partial charge in [0.15, 0.2) is 0 Å². The SMILES string of the molecule is CC(C)(C)OC(=O)NCC(F)(F)c1ncc(C#C[Si](C)(C)C)cc1Cl. The maximum absolute atomic E-state index is 14.3. The van der Waals surface area contributed by atoms with Gasteiger partial charge in [-0.15, -0.1) is 5.54 Å². The van der Waals surface area contributed by atoms with E-state index in [0.717, 1.165) is 0 Å². The van der Waals surface area contributed by atoms with Crippen molar-refractivity contribution in [1.82, 2.24) is 10.3 Å². The fourth-order valence-corrected chi connectivity index (χ4v) is 2.44. The zero-order chi connectivity index (χ0) is 19.5. The van der Waals surface area contributed by atoms with Crippen LogP contribution in [0.5, 0.6) is 0 Å². The second kappa shape index (κ2) is 7.71. The van der Waals surface area contributed by atoms with Gasteiger partial charge in [-0.05, 0) is 26.8 Å². The van der Waals surface area contributed by atoms with Gasteiger partial charge in [0.1, 0.15) is 19.4 Å². The zero-order valence-corrected chi connectivity index (χ0v) is 17.0. The molecule has 1 aromatic rings. The molecule has 0 saturated heterocycles. The summed E-state index contributed by atoms with van der Waals surface area (Å²) in [4.78, 5) is 15.3. The van der Waals surface area contributed by atoms with Crippen LogP contribution < -0.4 is 5.32 Å². The second-order valence-corrected chi connectivity index (χ2v) is 12.8. The minimum Gasteiger partial charge on any atom is -0.444 e. The highest BCUT2D eigenvalue weighted by molar-refractivity contribution is 6.83. The van der Waals surface area contributed by atoms with Gasteiger partial charge < -0.3 is 10.1 Å². The summed E-state index contributed by atoms with van der Waals surface area (Å²) in [6.45, 7) is 10.2. The second-order valence-electron chi connectivity index (χ2n) is 7.61. The Labute approximate surface area is 153 Å². The van der Waals surface area contributed by atoms with Crippen molar-refractivity contribution in [2.24, 2.45) is 0 Å². The number of hydrogen-bond acceptors (Lipinski definition) is 3. The molecule has 1 amide bonds. The van der Waals surface area contributed by atoms with E-state index in [1.807, 2.05) is 5.32 Å². The Hall–Kier alpha value is -1.65. The zero-order valence-electron chi connectivity index (χ0n) is 15.3. The predicted octanol–water partition coefficient (Wildman–Crippen LogP) is 4.58. The third-order valence-electron chi connectivity index (χ3n) is 2.62. The number of alkyl halides is 2. The monoisotopic (exact) mass is 388 g/mol. The van der Waals surface area contributed by atoms with Crippen LogP contribution in [0.3, 0.4) is 0 Å². The lowest BCUT2D eigenvalue weighted by Gasteiger charge is -2.22. The smallest absolute Gasteiger partial charge is 0.407 e.